The lowest BCUT2D eigenvalue weighted by Gasteiger charge is -2.12. The van der Waals surface area contributed by atoms with E-state index in [4.69, 9.17) is 5.11 Å². The average Bonchev–Trinajstić information content (AvgIpc) is 2.15. The summed E-state index contributed by atoms with van der Waals surface area (Å²) in [6.07, 6.45) is 2.80. The quantitative estimate of drug-likeness (QED) is 0.678. The number of nitrogens with one attached hydrogen (secondary N) is 1. The summed E-state index contributed by atoms with van der Waals surface area (Å²) in [6, 6.07) is 0. The van der Waals surface area contributed by atoms with E-state index in [1.807, 2.05) is 6.26 Å². The Morgan fingerprint density at radius 1 is 1.43 bits per heavy atom. The van der Waals surface area contributed by atoms with Gasteiger partial charge in [0, 0.05) is 11.8 Å². The van der Waals surface area contributed by atoms with Gasteiger partial charge in [-0.15, -0.1) is 0 Å². The zero-order chi connectivity index (χ0) is 11.2. The molecule has 0 saturated heterocycles. The van der Waals surface area contributed by atoms with Crippen LogP contribution >= 0.6 is 11.8 Å². The maximum atomic E-state index is 11.4. The molecule has 0 aliphatic heterocycles. The van der Waals surface area contributed by atoms with E-state index in [1.54, 1.807) is 11.8 Å². The van der Waals surface area contributed by atoms with Gasteiger partial charge in [-0.05, 0) is 19.6 Å². The van der Waals surface area contributed by atoms with Gasteiger partial charge in [-0.25, -0.2) is 13.1 Å². The van der Waals surface area contributed by atoms with Crippen LogP contribution in [0, 0.1) is 0 Å². The van der Waals surface area contributed by atoms with Crippen LogP contribution in [0.5, 0.6) is 0 Å². The smallest absolute Gasteiger partial charge is 0.216 e. The third-order valence-corrected chi connectivity index (χ3v) is 4.90. The Morgan fingerprint density at radius 2 is 2.00 bits per heavy atom. The lowest BCUT2D eigenvalue weighted by Crippen LogP contribution is -2.35. The number of aliphatic hydroxyl groups is 1. The van der Waals surface area contributed by atoms with Crippen LogP contribution in [0.4, 0.5) is 0 Å². The molecule has 0 bridgehead atoms. The van der Waals surface area contributed by atoms with Crippen molar-refractivity contribution in [3.63, 3.8) is 0 Å². The van der Waals surface area contributed by atoms with Crippen molar-refractivity contribution in [3.05, 3.63) is 0 Å². The Bertz CT molecular complexity index is 241. The van der Waals surface area contributed by atoms with Gasteiger partial charge in [-0.3, -0.25) is 0 Å². The van der Waals surface area contributed by atoms with E-state index in [0.717, 1.165) is 6.42 Å². The molecule has 2 unspecified atom stereocenters. The zero-order valence-electron chi connectivity index (χ0n) is 8.86. The number of aliphatic hydroxyl groups excluding tert-OH is 1. The minimum absolute atomic E-state index is 0.340. The van der Waals surface area contributed by atoms with Gasteiger partial charge in [0.25, 0.3) is 0 Å². The Kier molecular flexibility index (Phi) is 6.76. The van der Waals surface area contributed by atoms with Gasteiger partial charge in [-0.1, -0.05) is 6.92 Å². The second-order valence-corrected chi connectivity index (χ2v) is 6.73. The van der Waals surface area contributed by atoms with Crippen LogP contribution in [-0.2, 0) is 10.0 Å². The molecule has 0 heterocycles. The molecule has 0 aliphatic carbocycles. The average molecular weight is 241 g/mol. The fourth-order valence-electron chi connectivity index (χ4n) is 0.763. The molecule has 0 fully saturated rings. The topological polar surface area (TPSA) is 66.4 Å². The minimum Gasteiger partial charge on any atom is -0.395 e. The molecule has 0 spiro atoms. The highest BCUT2D eigenvalue weighted by atomic mass is 32.2. The molecule has 0 radical (unpaired) electrons. The zero-order valence-corrected chi connectivity index (χ0v) is 10.5. The number of rotatable bonds is 7. The van der Waals surface area contributed by atoms with Gasteiger partial charge in [0.15, 0.2) is 0 Å². The largest absolute Gasteiger partial charge is 0.395 e. The fraction of sp³-hybridized carbons (Fsp3) is 1.00. The highest BCUT2D eigenvalue weighted by Gasteiger charge is 2.18. The summed E-state index contributed by atoms with van der Waals surface area (Å²) < 4.78 is 25.2. The fourth-order valence-corrected chi connectivity index (χ4v) is 2.00. The molecule has 0 aromatic rings. The van der Waals surface area contributed by atoms with Gasteiger partial charge in [0.2, 0.25) is 10.0 Å². The molecule has 0 saturated carbocycles. The SMILES string of the molecule is CSC(C)CCNS(=O)(=O)C(C)CO. The van der Waals surface area contributed by atoms with Gasteiger partial charge in [0.1, 0.15) is 0 Å². The van der Waals surface area contributed by atoms with E-state index >= 15 is 0 Å². The van der Waals surface area contributed by atoms with Crippen LogP contribution in [0.3, 0.4) is 0 Å². The van der Waals surface area contributed by atoms with Crippen LogP contribution in [0.1, 0.15) is 20.3 Å². The summed E-state index contributed by atoms with van der Waals surface area (Å²) in [5.74, 6) is 0. The van der Waals surface area contributed by atoms with Crippen LogP contribution in [-0.4, -0.2) is 43.4 Å². The molecule has 86 valence electrons. The second-order valence-electron chi connectivity index (χ2n) is 3.27. The Balaban J connectivity index is 3.89. The van der Waals surface area contributed by atoms with Gasteiger partial charge in [0.05, 0.1) is 11.9 Å². The maximum absolute atomic E-state index is 11.4. The summed E-state index contributed by atoms with van der Waals surface area (Å²) in [6.45, 7) is 3.64. The third-order valence-electron chi connectivity index (χ3n) is 2.04. The first-order valence-electron chi connectivity index (χ1n) is 4.56. The van der Waals surface area contributed by atoms with E-state index in [2.05, 4.69) is 11.6 Å². The molecule has 14 heavy (non-hydrogen) atoms. The van der Waals surface area contributed by atoms with Crippen molar-refractivity contribution < 1.29 is 13.5 Å². The molecule has 4 nitrogen and oxygen atoms in total. The van der Waals surface area contributed by atoms with Gasteiger partial charge < -0.3 is 5.11 Å². The summed E-state index contributed by atoms with van der Waals surface area (Å²) >= 11 is 1.71. The van der Waals surface area contributed by atoms with Crippen molar-refractivity contribution >= 4 is 21.8 Å². The number of hydrogen-bond donors (Lipinski definition) is 2. The van der Waals surface area contributed by atoms with Gasteiger partial charge in [-0.2, -0.15) is 11.8 Å². The standard InChI is InChI=1S/C8H19NO3S2/c1-7(13-3)4-5-9-14(11,12)8(2)6-10/h7-10H,4-6H2,1-3H3. The third kappa shape index (κ3) is 5.19. The van der Waals surface area contributed by atoms with E-state index in [1.165, 1.54) is 6.92 Å². The summed E-state index contributed by atoms with van der Waals surface area (Å²) in [7, 11) is -3.32. The molecule has 0 aliphatic rings. The molecule has 0 rings (SSSR count). The highest BCUT2D eigenvalue weighted by Crippen LogP contribution is 2.08. The van der Waals surface area contributed by atoms with Gasteiger partial charge >= 0.3 is 0 Å². The van der Waals surface area contributed by atoms with E-state index in [-0.39, 0.29) is 6.61 Å². The van der Waals surface area contributed by atoms with Crippen molar-refractivity contribution in [2.24, 2.45) is 0 Å². The summed E-state index contributed by atoms with van der Waals surface area (Å²) in [5, 5.41) is 8.42. The summed E-state index contributed by atoms with van der Waals surface area (Å²) in [5.41, 5.74) is 0. The van der Waals surface area contributed by atoms with Crippen LogP contribution in [0.15, 0.2) is 0 Å². The van der Waals surface area contributed by atoms with Crippen molar-refractivity contribution in [2.45, 2.75) is 30.8 Å². The molecule has 6 heteroatoms. The number of sulfonamides is 1. The molecular formula is C8H19NO3S2. The van der Waals surface area contributed by atoms with Crippen molar-refractivity contribution in [1.29, 1.82) is 0 Å². The van der Waals surface area contributed by atoms with Crippen molar-refractivity contribution in [1.82, 2.24) is 4.72 Å². The summed E-state index contributed by atoms with van der Waals surface area (Å²) in [4.78, 5) is 0. The monoisotopic (exact) mass is 241 g/mol. The normalized spacial score (nSPS) is 16.6. The number of thioether (sulfide) groups is 1. The number of hydrogen-bond acceptors (Lipinski definition) is 4. The van der Waals surface area contributed by atoms with E-state index in [0.29, 0.717) is 11.8 Å². The Hall–Kier alpha value is 0.220. The van der Waals surface area contributed by atoms with Crippen LogP contribution in [0.25, 0.3) is 0 Å². The lowest BCUT2D eigenvalue weighted by molar-refractivity contribution is 0.295. The first kappa shape index (κ1) is 14.2. The van der Waals surface area contributed by atoms with Crippen molar-refractivity contribution in [2.75, 3.05) is 19.4 Å². The highest BCUT2D eigenvalue weighted by molar-refractivity contribution is 7.99. The molecule has 0 amide bonds. The first-order chi connectivity index (χ1) is 6.44. The van der Waals surface area contributed by atoms with E-state index in [9.17, 15) is 8.42 Å². The minimum atomic E-state index is -3.32. The molecule has 2 atom stereocenters. The second kappa shape index (κ2) is 6.66. The predicted octanol–water partition coefficient (Wildman–Crippen LogP) is 0.428. The lowest BCUT2D eigenvalue weighted by atomic mass is 10.3. The molecule has 2 N–H and O–H groups in total. The molecule has 0 aromatic carbocycles. The van der Waals surface area contributed by atoms with Crippen LogP contribution in [0.2, 0.25) is 0 Å². The molecule has 0 aromatic heterocycles. The van der Waals surface area contributed by atoms with Crippen LogP contribution < -0.4 is 4.72 Å². The van der Waals surface area contributed by atoms with Crippen molar-refractivity contribution in [3.8, 4) is 0 Å². The van der Waals surface area contributed by atoms with E-state index < -0.39 is 15.3 Å². The Morgan fingerprint density at radius 3 is 2.43 bits per heavy atom. The first-order valence-corrected chi connectivity index (χ1v) is 7.39. The predicted molar refractivity (Wildman–Crippen MR) is 61.1 cm³/mol. The Labute approximate surface area is 90.5 Å². The molecular weight excluding hydrogens is 222 g/mol. The maximum Gasteiger partial charge on any atom is 0.216 e.